The van der Waals surface area contributed by atoms with Gasteiger partial charge in [-0.1, -0.05) is 72.3 Å². The van der Waals surface area contributed by atoms with Crippen molar-refractivity contribution in [1.82, 2.24) is 0 Å². The molecule has 734 valence electrons. The summed E-state index contributed by atoms with van der Waals surface area (Å²) in [4.78, 5) is 31.2. The topological polar surface area (TPSA) is 677 Å². The van der Waals surface area contributed by atoms with Crippen molar-refractivity contribution in [1.29, 1.82) is 0 Å². The molecule has 43 nitrogen and oxygen atoms in total. The smallest absolute Gasteiger partial charge is 0.333 e. The van der Waals surface area contributed by atoms with E-state index in [2.05, 4.69) is 33.4 Å². The molecule has 8 saturated heterocycles. The number of aliphatic hydroxyl groups excluding tert-OH is 23. The average Bonchev–Trinajstić information content (AvgIpc) is 0.685. The van der Waals surface area contributed by atoms with Crippen LogP contribution in [-0.4, -0.2) is 432 Å². The first-order chi connectivity index (χ1) is 60.0. The summed E-state index contributed by atoms with van der Waals surface area (Å²) in [5.41, 5.74) is -6.76. The van der Waals surface area contributed by atoms with Gasteiger partial charge in [0.2, 0.25) is 6.29 Å². The highest BCUT2D eigenvalue weighted by atomic mass is 16.8. The third kappa shape index (κ3) is 18.8. The molecule has 0 spiro atoms. The number of aliphatic hydroxyl groups is 24. The van der Waals surface area contributed by atoms with Gasteiger partial charge in [-0.05, 0) is 118 Å². The molecule has 0 aromatic carbocycles. The first kappa shape index (κ1) is 102. The van der Waals surface area contributed by atoms with Crippen molar-refractivity contribution in [2.45, 2.75) is 385 Å². The first-order valence-corrected chi connectivity index (χ1v) is 44.3. The number of esters is 2. The zero-order valence-corrected chi connectivity index (χ0v) is 73.3. The van der Waals surface area contributed by atoms with Gasteiger partial charge in [0.05, 0.1) is 70.2 Å². The van der Waals surface area contributed by atoms with E-state index in [1.54, 1.807) is 13.0 Å². The first-order valence-electron chi connectivity index (χ1n) is 44.3. The van der Waals surface area contributed by atoms with Crippen LogP contribution in [0.1, 0.15) is 133 Å². The highest BCUT2D eigenvalue weighted by Crippen LogP contribution is 2.76. The van der Waals surface area contributed by atoms with E-state index < -0.39 is 354 Å². The van der Waals surface area contributed by atoms with E-state index in [0.717, 1.165) is 5.57 Å². The Balaban J connectivity index is 0.801. The average molecular weight is 1850 g/mol. The van der Waals surface area contributed by atoms with Crippen molar-refractivity contribution in [2.75, 3.05) is 46.2 Å². The monoisotopic (exact) mass is 1840 g/mol. The fraction of sp³-hybridized carbons (Fsp3) is 0.906. The highest BCUT2D eigenvalue weighted by molar-refractivity contribution is 5.88. The molecule has 0 bridgehead atoms. The Kier molecular flexibility index (Phi) is 31.6. The van der Waals surface area contributed by atoms with Crippen LogP contribution in [0.2, 0.25) is 0 Å². The molecule has 12 fully saturated rings. The van der Waals surface area contributed by atoms with Gasteiger partial charge in [-0.3, -0.25) is 4.79 Å². The Morgan fingerprint density at radius 1 is 0.484 bits per heavy atom. The van der Waals surface area contributed by atoms with Gasteiger partial charge in [-0.25, -0.2) is 4.79 Å². The second kappa shape index (κ2) is 39.6. The van der Waals surface area contributed by atoms with E-state index >= 15 is 4.79 Å². The summed E-state index contributed by atoms with van der Waals surface area (Å²) in [7, 11) is 0. The normalized spacial score (nSPS) is 51.3. The molecule has 24 N–H and O–H groups in total. The molecule has 13 aliphatic rings. The van der Waals surface area contributed by atoms with Crippen LogP contribution < -0.4 is 0 Å². The number of fused-ring (bicyclic) bond motifs is 7. The Labute approximate surface area is 739 Å². The summed E-state index contributed by atoms with van der Waals surface area (Å²) in [6.07, 6.45) is -64.6. The van der Waals surface area contributed by atoms with Crippen molar-refractivity contribution in [3.05, 3.63) is 36.0 Å². The van der Waals surface area contributed by atoms with Gasteiger partial charge in [0.25, 0.3) is 0 Å². The number of hydrogen-bond donors (Lipinski definition) is 24. The molecular weight excluding hydrogens is 1710 g/mol. The lowest BCUT2D eigenvalue weighted by molar-refractivity contribution is -0.390. The third-order valence-corrected chi connectivity index (χ3v) is 31.0. The van der Waals surface area contributed by atoms with Crippen LogP contribution in [0.4, 0.5) is 0 Å². The van der Waals surface area contributed by atoms with Crippen molar-refractivity contribution in [2.24, 2.45) is 50.2 Å². The summed E-state index contributed by atoms with van der Waals surface area (Å²) in [5, 5.41) is 267. The minimum atomic E-state index is -2.25. The second-order valence-electron chi connectivity index (χ2n) is 39.7. The molecule has 8 aliphatic heterocycles. The third-order valence-electron chi connectivity index (χ3n) is 31.0. The molecule has 0 aromatic rings. The van der Waals surface area contributed by atoms with E-state index in [9.17, 15) is 127 Å². The van der Waals surface area contributed by atoms with Gasteiger partial charge in [-0.2, -0.15) is 0 Å². The second-order valence-corrected chi connectivity index (χ2v) is 39.7. The van der Waals surface area contributed by atoms with E-state index in [0.29, 0.717) is 25.7 Å². The SMILES string of the molecule is C=CC(C)(O)CCC=C(C)C(=O)OC1CC2(C(=O)OC3OC(CO)C(O)C(O)C3OC3OC(C)C(OC4OC(CO)C(O)C4O)C(OC4OC(CO)C(O)C(O)C4O)C3O)C(O)CC3(C)C(=CCC4C5(C)CCC(OC6OC(COC7OCC(O)C(O)C7OC7OCC(O)C(O)C7O)C(O)C(O)C6OC6OC(CO)C(O)C(O)C6O)C(C)(C)C5CCC43C)C2CC1(C)C. The van der Waals surface area contributed by atoms with Gasteiger partial charge in [0.15, 0.2) is 50.1 Å². The van der Waals surface area contributed by atoms with Crippen LogP contribution in [0, 0.1) is 50.2 Å². The van der Waals surface area contributed by atoms with Gasteiger partial charge in [-0.15, -0.1) is 6.58 Å². The number of carbonyl (C=O) groups excluding carboxylic acids is 2. The van der Waals surface area contributed by atoms with E-state index in [1.807, 2.05) is 27.7 Å². The molecule has 0 aromatic heterocycles. The van der Waals surface area contributed by atoms with Crippen molar-refractivity contribution < 1.29 is 213 Å². The van der Waals surface area contributed by atoms with Crippen LogP contribution in [0.25, 0.3) is 0 Å². The van der Waals surface area contributed by atoms with Crippen LogP contribution in [0.15, 0.2) is 36.0 Å². The quantitative estimate of drug-likeness (QED) is 0.0157. The molecule has 0 amide bonds. The maximum Gasteiger partial charge on any atom is 0.333 e. The highest BCUT2D eigenvalue weighted by Gasteiger charge is 2.74. The fourth-order valence-electron chi connectivity index (χ4n) is 22.7. The number of rotatable bonds is 27. The Hall–Kier alpha value is -3.40. The van der Waals surface area contributed by atoms with E-state index in [4.69, 9.17) is 80.5 Å². The largest absolute Gasteiger partial charge is 0.458 e. The summed E-state index contributed by atoms with van der Waals surface area (Å²) in [6.45, 7) is 17.0. The van der Waals surface area contributed by atoms with E-state index in [1.165, 1.54) is 19.9 Å². The predicted molar refractivity (Wildman–Crippen MR) is 424 cm³/mol. The summed E-state index contributed by atoms with van der Waals surface area (Å²) >= 11 is 0. The van der Waals surface area contributed by atoms with Crippen LogP contribution >= 0.6 is 0 Å². The molecule has 4 saturated carbocycles. The fourth-order valence-corrected chi connectivity index (χ4v) is 22.7. The Bertz CT molecular complexity index is 3800. The predicted octanol–water partition coefficient (Wildman–Crippen LogP) is -7.64. The Morgan fingerprint density at radius 2 is 0.953 bits per heavy atom. The molecule has 48 atom stereocenters. The lowest BCUT2D eigenvalue weighted by Gasteiger charge is -2.72. The molecule has 5 aliphatic carbocycles. The van der Waals surface area contributed by atoms with Gasteiger partial charge >= 0.3 is 11.9 Å². The van der Waals surface area contributed by atoms with Crippen molar-refractivity contribution in [3.8, 4) is 0 Å². The molecule has 128 heavy (non-hydrogen) atoms. The molecule has 48 unspecified atom stereocenters. The zero-order chi connectivity index (χ0) is 93.8. The zero-order valence-electron chi connectivity index (χ0n) is 73.3. The summed E-state index contributed by atoms with van der Waals surface area (Å²) < 4.78 is 104. The number of hydrogen-bond acceptors (Lipinski definition) is 43. The number of ether oxygens (including phenoxy) is 17. The van der Waals surface area contributed by atoms with Crippen LogP contribution in [0.3, 0.4) is 0 Å². The number of allylic oxidation sites excluding steroid dienone is 3. The lowest BCUT2D eigenvalue weighted by Crippen LogP contribution is -2.70. The molecule has 0 radical (unpaired) electrons. The van der Waals surface area contributed by atoms with Gasteiger partial charge in [0, 0.05) is 17.4 Å². The lowest BCUT2D eigenvalue weighted by atomic mass is 9.33. The standard InChI is InChI=1S/C85H136O43/c1-12-81(8,111)19-13-14-32(2)69(109)121-47-24-85(78(110)128-77-68(57(102)52(97)40(27-88)119-77)127-74-63(108)65(124-72-61(106)55(100)50(95)38(25-86)116-72)64(33(3)115-74)123-71-60(105)53(98)41(28-89)118-71)35(22-79(47,4)5)34-15-16-44-82(9)20-18-46(80(6,7)43(82)17-21-83(44,10)84(34,11)23-45(85)92)122-76-67(126-73-62(107)56(101)51(96)39(26-87)117-73)58(103)54(99)42(120-76)31-114-75-66(49(94)37(91)30-113-75)125-70-59(104)48(93)36(90)29-112-70/h12,14-15,33,35-68,70-77,86-108,111H,1,13,16-31H2,2-11H3. The van der Waals surface area contributed by atoms with Crippen LogP contribution in [0.5, 0.6) is 0 Å². The minimum absolute atomic E-state index is 0.0303. The minimum Gasteiger partial charge on any atom is -0.458 e. The summed E-state index contributed by atoms with van der Waals surface area (Å²) in [6, 6.07) is 0. The van der Waals surface area contributed by atoms with Crippen molar-refractivity contribution in [3.63, 3.8) is 0 Å². The van der Waals surface area contributed by atoms with Crippen molar-refractivity contribution >= 4 is 11.9 Å². The van der Waals surface area contributed by atoms with E-state index in [-0.39, 0.29) is 49.5 Å². The molecule has 43 heteroatoms. The maximum atomic E-state index is 16.6. The number of carbonyl (C=O) groups is 2. The Morgan fingerprint density at radius 3 is 1.52 bits per heavy atom. The molecular formula is C85H136O43. The van der Waals surface area contributed by atoms with Crippen LogP contribution in [-0.2, 0) is 90.1 Å². The molecule has 13 rings (SSSR count). The maximum absolute atomic E-state index is 16.6. The van der Waals surface area contributed by atoms with Gasteiger partial charge in [0.1, 0.15) is 176 Å². The van der Waals surface area contributed by atoms with Gasteiger partial charge < -0.3 is 203 Å². The molecule has 8 heterocycles. The summed E-state index contributed by atoms with van der Waals surface area (Å²) in [5.74, 6) is -3.42.